The van der Waals surface area contributed by atoms with Gasteiger partial charge in [0, 0.05) is 0 Å². The maximum Gasteiger partial charge on any atom is 0.408 e. The molecule has 3 nitrogen and oxygen atoms in total. The van der Waals surface area contributed by atoms with E-state index in [2.05, 4.69) is 5.32 Å². The Balaban J connectivity index is 2.57. The van der Waals surface area contributed by atoms with Gasteiger partial charge in [-0.15, -0.1) is 0 Å². The summed E-state index contributed by atoms with van der Waals surface area (Å²) >= 11 is 0. The quantitative estimate of drug-likeness (QED) is 0.858. The molecule has 17 heavy (non-hydrogen) atoms. The van der Waals surface area contributed by atoms with Crippen LogP contribution in [-0.2, 0) is 4.74 Å². The van der Waals surface area contributed by atoms with Gasteiger partial charge in [-0.1, -0.05) is 12.1 Å². The van der Waals surface area contributed by atoms with E-state index >= 15 is 0 Å². The minimum atomic E-state index is -0.521. The molecule has 0 aliphatic rings. The van der Waals surface area contributed by atoms with Crippen LogP contribution in [0.25, 0.3) is 0 Å². The van der Waals surface area contributed by atoms with Crippen LogP contribution in [0.15, 0.2) is 24.3 Å². The summed E-state index contributed by atoms with van der Waals surface area (Å²) in [6, 6.07) is 5.78. The SMILES string of the molecule is C[C@H](NC(=O)OC(C)(C)C)c1ccc(F)cc1. The second-order valence-corrected chi connectivity index (χ2v) is 4.92. The highest BCUT2D eigenvalue weighted by atomic mass is 19.1. The van der Waals surface area contributed by atoms with Gasteiger partial charge in [0.1, 0.15) is 11.4 Å². The van der Waals surface area contributed by atoms with Crippen molar-refractivity contribution in [2.45, 2.75) is 39.3 Å². The molecule has 0 heterocycles. The average molecular weight is 239 g/mol. The Labute approximate surface area is 101 Å². The molecule has 0 fully saturated rings. The van der Waals surface area contributed by atoms with Gasteiger partial charge in [0.25, 0.3) is 0 Å². The zero-order valence-corrected chi connectivity index (χ0v) is 10.6. The molecule has 0 radical (unpaired) electrons. The van der Waals surface area contributed by atoms with Gasteiger partial charge in [-0.3, -0.25) is 0 Å². The van der Waals surface area contributed by atoms with Crippen LogP contribution in [0.1, 0.15) is 39.3 Å². The van der Waals surface area contributed by atoms with Crippen molar-refractivity contribution in [3.8, 4) is 0 Å². The Kier molecular flexibility index (Phi) is 4.10. The zero-order chi connectivity index (χ0) is 13.1. The average Bonchev–Trinajstić information content (AvgIpc) is 2.15. The highest BCUT2D eigenvalue weighted by molar-refractivity contribution is 5.68. The van der Waals surface area contributed by atoms with E-state index in [4.69, 9.17) is 4.74 Å². The van der Waals surface area contributed by atoms with E-state index < -0.39 is 11.7 Å². The Morgan fingerprint density at radius 1 is 1.29 bits per heavy atom. The van der Waals surface area contributed by atoms with Crippen molar-refractivity contribution >= 4 is 6.09 Å². The molecule has 1 atom stereocenters. The topological polar surface area (TPSA) is 38.3 Å². The summed E-state index contributed by atoms with van der Waals surface area (Å²) in [6.45, 7) is 7.22. The molecule has 1 N–H and O–H groups in total. The molecule has 1 amide bonds. The van der Waals surface area contributed by atoms with E-state index in [0.29, 0.717) is 0 Å². The molecule has 0 bridgehead atoms. The molecular weight excluding hydrogens is 221 g/mol. The van der Waals surface area contributed by atoms with Gasteiger partial charge in [-0.2, -0.15) is 0 Å². The van der Waals surface area contributed by atoms with E-state index in [1.54, 1.807) is 32.9 Å². The predicted octanol–water partition coefficient (Wildman–Crippen LogP) is 3.41. The van der Waals surface area contributed by atoms with Crippen molar-refractivity contribution < 1.29 is 13.9 Å². The summed E-state index contributed by atoms with van der Waals surface area (Å²) in [4.78, 5) is 11.5. The lowest BCUT2D eigenvalue weighted by atomic mass is 10.1. The van der Waals surface area contributed by atoms with Gasteiger partial charge >= 0.3 is 6.09 Å². The zero-order valence-electron chi connectivity index (χ0n) is 10.6. The van der Waals surface area contributed by atoms with Gasteiger partial charge in [-0.05, 0) is 45.4 Å². The fraction of sp³-hybridized carbons (Fsp3) is 0.462. The van der Waals surface area contributed by atoms with Crippen molar-refractivity contribution in [3.05, 3.63) is 35.6 Å². The van der Waals surface area contributed by atoms with Crippen LogP contribution in [-0.4, -0.2) is 11.7 Å². The summed E-state index contributed by atoms with van der Waals surface area (Å²) in [7, 11) is 0. The molecule has 0 aliphatic heterocycles. The minimum Gasteiger partial charge on any atom is -0.444 e. The van der Waals surface area contributed by atoms with Gasteiger partial charge in [0.05, 0.1) is 6.04 Å². The van der Waals surface area contributed by atoms with Crippen molar-refractivity contribution in [3.63, 3.8) is 0 Å². The number of hydrogen-bond donors (Lipinski definition) is 1. The molecule has 0 aromatic heterocycles. The van der Waals surface area contributed by atoms with Crippen LogP contribution in [0.4, 0.5) is 9.18 Å². The third-order valence-electron chi connectivity index (χ3n) is 2.10. The van der Waals surface area contributed by atoms with Crippen LogP contribution in [0.3, 0.4) is 0 Å². The molecule has 1 aromatic carbocycles. The third-order valence-corrected chi connectivity index (χ3v) is 2.10. The number of rotatable bonds is 2. The van der Waals surface area contributed by atoms with Crippen LogP contribution in [0.5, 0.6) is 0 Å². The van der Waals surface area contributed by atoms with E-state index in [1.165, 1.54) is 12.1 Å². The summed E-state index contributed by atoms with van der Waals surface area (Å²) in [5, 5.41) is 2.69. The lowest BCUT2D eigenvalue weighted by molar-refractivity contribution is 0.0508. The van der Waals surface area contributed by atoms with E-state index in [0.717, 1.165) is 5.56 Å². The molecule has 1 aromatic rings. The number of hydrogen-bond acceptors (Lipinski definition) is 2. The highest BCUT2D eigenvalue weighted by Crippen LogP contribution is 2.14. The summed E-state index contributed by atoms with van der Waals surface area (Å²) in [6.07, 6.45) is -0.477. The first kappa shape index (κ1) is 13.5. The smallest absolute Gasteiger partial charge is 0.408 e. The Morgan fingerprint density at radius 3 is 2.29 bits per heavy atom. The summed E-state index contributed by atoms with van der Waals surface area (Å²) in [5.41, 5.74) is 0.310. The first-order valence-electron chi connectivity index (χ1n) is 5.53. The Morgan fingerprint density at radius 2 is 1.82 bits per heavy atom. The molecule has 0 aliphatic carbocycles. The number of ether oxygens (including phenoxy) is 1. The summed E-state index contributed by atoms with van der Waals surface area (Å²) in [5.74, 6) is -0.293. The lowest BCUT2D eigenvalue weighted by Gasteiger charge is -2.22. The summed E-state index contributed by atoms with van der Waals surface area (Å²) < 4.78 is 17.9. The number of nitrogens with one attached hydrogen (secondary N) is 1. The number of carbonyl (C=O) groups is 1. The van der Waals surface area contributed by atoms with E-state index in [-0.39, 0.29) is 11.9 Å². The van der Waals surface area contributed by atoms with Crippen molar-refractivity contribution in [1.82, 2.24) is 5.32 Å². The Bertz CT molecular complexity index is 381. The normalized spacial score (nSPS) is 13.0. The minimum absolute atomic E-state index is 0.217. The number of alkyl carbamates (subject to hydrolysis) is 1. The van der Waals surface area contributed by atoms with Crippen molar-refractivity contribution in [2.24, 2.45) is 0 Å². The van der Waals surface area contributed by atoms with Crippen molar-refractivity contribution in [2.75, 3.05) is 0 Å². The molecule has 0 saturated heterocycles. The second kappa shape index (κ2) is 5.17. The number of carbonyl (C=O) groups excluding carboxylic acids is 1. The maximum absolute atomic E-state index is 12.7. The molecule has 0 unspecified atom stereocenters. The van der Waals surface area contributed by atoms with Gasteiger partial charge in [-0.25, -0.2) is 9.18 Å². The number of benzene rings is 1. The maximum atomic E-state index is 12.7. The van der Waals surface area contributed by atoms with E-state index in [1.807, 2.05) is 6.92 Å². The highest BCUT2D eigenvalue weighted by Gasteiger charge is 2.18. The second-order valence-electron chi connectivity index (χ2n) is 4.92. The largest absolute Gasteiger partial charge is 0.444 e. The van der Waals surface area contributed by atoms with Crippen LogP contribution >= 0.6 is 0 Å². The van der Waals surface area contributed by atoms with Gasteiger partial charge in [0.15, 0.2) is 0 Å². The Hall–Kier alpha value is -1.58. The van der Waals surface area contributed by atoms with Crippen LogP contribution in [0.2, 0.25) is 0 Å². The van der Waals surface area contributed by atoms with Crippen LogP contribution in [0, 0.1) is 5.82 Å². The lowest BCUT2D eigenvalue weighted by Crippen LogP contribution is -2.34. The molecule has 0 spiro atoms. The van der Waals surface area contributed by atoms with Crippen LogP contribution < -0.4 is 5.32 Å². The number of halogens is 1. The third kappa shape index (κ3) is 4.85. The molecule has 94 valence electrons. The molecular formula is C13H18FNO2. The number of amides is 1. The first-order chi connectivity index (χ1) is 7.78. The fourth-order valence-electron chi connectivity index (χ4n) is 1.32. The fourth-order valence-corrected chi connectivity index (χ4v) is 1.32. The van der Waals surface area contributed by atoms with Crippen molar-refractivity contribution in [1.29, 1.82) is 0 Å². The molecule has 0 saturated carbocycles. The molecule has 1 rings (SSSR count). The molecule has 4 heteroatoms. The standard InChI is InChI=1S/C13H18FNO2/c1-9(10-5-7-11(14)8-6-10)15-12(16)17-13(2,3)4/h5-9H,1-4H3,(H,15,16)/t9-/m0/s1. The first-order valence-corrected chi connectivity index (χ1v) is 5.53. The predicted molar refractivity (Wildman–Crippen MR) is 64.2 cm³/mol. The van der Waals surface area contributed by atoms with E-state index in [9.17, 15) is 9.18 Å². The van der Waals surface area contributed by atoms with Gasteiger partial charge in [0.2, 0.25) is 0 Å². The monoisotopic (exact) mass is 239 g/mol. The van der Waals surface area contributed by atoms with Gasteiger partial charge < -0.3 is 10.1 Å².